The lowest BCUT2D eigenvalue weighted by atomic mass is 10.3. The fourth-order valence-corrected chi connectivity index (χ4v) is 1.82. The Morgan fingerprint density at radius 3 is 2.79 bits per heavy atom. The number of ether oxygens (including phenoxy) is 1. The summed E-state index contributed by atoms with van der Waals surface area (Å²) in [6.07, 6.45) is 3.45. The SMILES string of the molecule is CCOC(=O)CN(c1ccc([N+](=O)[O-])nc1)C1CC1. The number of rotatable bonds is 6. The molecule has 102 valence electrons. The van der Waals surface area contributed by atoms with Crippen molar-refractivity contribution in [2.75, 3.05) is 18.1 Å². The maximum atomic E-state index is 11.5. The van der Waals surface area contributed by atoms with Gasteiger partial charge in [-0.15, -0.1) is 0 Å². The number of aromatic nitrogens is 1. The lowest BCUT2D eigenvalue weighted by molar-refractivity contribution is -0.389. The molecule has 1 fully saturated rings. The van der Waals surface area contributed by atoms with Gasteiger partial charge in [-0.2, -0.15) is 0 Å². The van der Waals surface area contributed by atoms with Gasteiger partial charge in [0.2, 0.25) is 0 Å². The Bertz CT molecular complexity index is 470. The minimum absolute atomic E-state index is 0.151. The summed E-state index contributed by atoms with van der Waals surface area (Å²) in [6, 6.07) is 3.26. The van der Waals surface area contributed by atoms with Gasteiger partial charge in [-0.3, -0.25) is 4.79 Å². The topological polar surface area (TPSA) is 85.6 Å². The van der Waals surface area contributed by atoms with Crippen LogP contribution in [0.5, 0.6) is 0 Å². The van der Waals surface area contributed by atoms with Crippen LogP contribution in [-0.2, 0) is 9.53 Å². The molecule has 0 bridgehead atoms. The number of carbonyl (C=O) groups is 1. The van der Waals surface area contributed by atoms with Gasteiger partial charge in [0.15, 0.2) is 6.20 Å². The molecule has 0 aliphatic heterocycles. The zero-order valence-corrected chi connectivity index (χ0v) is 10.6. The van der Waals surface area contributed by atoms with E-state index in [1.807, 2.05) is 4.90 Å². The lowest BCUT2D eigenvalue weighted by Gasteiger charge is -2.21. The van der Waals surface area contributed by atoms with Gasteiger partial charge >= 0.3 is 11.8 Å². The van der Waals surface area contributed by atoms with E-state index in [-0.39, 0.29) is 18.3 Å². The van der Waals surface area contributed by atoms with Crippen molar-refractivity contribution < 1.29 is 14.5 Å². The summed E-state index contributed by atoms with van der Waals surface area (Å²) < 4.78 is 4.92. The van der Waals surface area contributed by atoms with Crippen molar-refractivity contribution in [3.8, 4) is 0 Å². The normalized spacial score (nSPS) is 13.9. The van der Waals surface area contributed by atoms with Crippen molar-refractivity contribution in [3.05, 3.63) is 28.4 Å². The molecule has 19 heavy (non-hydrogen) atoms. The van der Waals surface area contributed by atoms with Crippen molar-refractivity contribution in [2.45, 2.75) is 25.8 Å². The predicted molar refractivity (Wildman–Crippen MR) is 67.9 cm³/mol. The van der Waals surface area contributed by atoms with E-state index in [0.717, 1.165) is 12.8 Å². The highest BCUT2D eigenvalue weighted by Crippen LogP contribution is 2.31. The molecule has 1 aromatic heterocycles. The monoisotopic (exact) mass is 265 g/mol. The van der Waals surface area contributed by atoms with Gasteiger partial charge in [-0.1, -0.05) is 0 Å². The van der Waals surface area contributed by atoms with Gasteiger partial charge in [0.05, 0.1) is 12.3 Å². The summed E-state index contributed by atoms with van der Waals surface area (Å²) in [5, 5.41) is 10.5. The van der Waals surface area contributed by atoms with Crippen molar-refractivity contribution >= 4 is 17.5 Å². The first-order valence-electron chi connectivity index (χ1n) is 6.14. The molecule has 0 saturated heterocycles. The van der Waals surface area contributed by atoms with Crippen molar-refractivity contribution in [1.82, 2.24) is 4.98 Å². The molecule has 1 heterocycles. The molecule has 0 radical (unpaired) electrons. The molecule has 7 nitrogen and oxygen atoms in total. The molecule has 7 heteroatoms. The number of hydrogen-bond acceptors (Lipinski definition) is 6. The van der Waals surface area contributed by atoms with Crippen LogP contribution in [0.2, 0.25) is 0 Å². The third-order valence-electron chi connectivity index (χ3n) is 2.84. The predicted octanol–water partition coefficient (Wildman–Crippen LogP) is 1.52. The summed E-state index contributed by atoms with van der Waals surface area (Å²) in [4.78, 5) is 27.2. The molecular weight excluding hydrogens is 250 g/mol. The van der Waals surface area contributed by atoms with Gasteiger partial charge in [-0.05, 0) is 35.7 Å². The summed E-state index contributed by atoms with van der Waals surface area (Å²) >= 11 is 0. The molecule has 2 rings (SSSR count). The highest BCUT2D eigenvalue weighted by atomic mass is 16.6. The number of esters is 1. The van der Waals surface area contributed by atoms with Gasteiger partial charge in [0.1, 0.15) is 6.54 Å². The molecule has 1 saturated carbocycles. The standard InChI is InChI=1S/C12H15N3O4/c1-2-19-12(16)8-14(9-3-4-9)10-5-6-11(13-7-10)15(17)18/h5-7,9H,2-4,8H2,1H3. The molecule has 1 aromatic rings. The van der Waals surface area contributed by atoms with E-state index in [4.69, 9.17) is 4.74 Å². The molecule has 0 amide bonds. The van der Waals surface area contributed by atoms with Crippen LogP contribution >= 0.6 is 0 Å². The van der Waals surface area contributed by atoms with Crippen LogP contribution in [0.1, 0.15) is 19.8 Å². The zero-order chi connectivity index (χ0) is 13.8. The Balaban J connectivity index is 2.10. The molecule has 0 unspecified atom stereocenters. The van der Waals surface area contributed by atoms with Crippen molar-refractivity contribution in [2.24, 2.45) is 0 Å². The van der Waals surface area contributed by atoms with E-state index in [2.05, 4.69) is 4.98 Å². The maximum absolute atomic E-state index is 11.5. The average Bonchev–Trinajstić information content (AvgIpc) is 3.21. The first-order valence-corrected chi connectivity index (χ1v) is 6.14. The largest absolute Gasteiger partial charge is 0.465 e. The fraction of sp³-hybridized carbons (Fsp3) is 0.500. The second-order valence-electron chi connectivity index (χ2n) is 4.30. The van der Waals surface area contributed by atoms with Crippen molar-refractivity contribution in [3.63, 3.8) is 0 Å². The number of nitrogens with zero attached hydrogens (tertiary/aromatic N) is 3. The molecule has 0 N–H and O–H groups in total. The lowest BCUT2D eigenvalue weighted by Crippen LogP contribution is -2.33. The Morgan fingerprint density at radius 2 is 2.32 bits per heavy atom. The summed E-state index contributed by atoms with van der Waals surface area (Å²) in [5.74, 6) is -0.497. The van der Waals surface area contributed by atoms with Crippen LogP contribution in [0.15, 0.2) is 18.3 Å². The van der Waals surface area contributed by atoms with E-state index in [1.165, 1.54) is 12.3 Å². The Labute approximate surface area is 110 Å². The highest BCUT2D eigenvalue weighted by molar-refractivity contribution is 5.76. The number of pyridine rings is 1. The van der Waals surface area contributed by atoms with E-state index in [0.29, 0.717) is 18.3 Å². The second-order valence-corrected chi connectivity index (χ2v) is 4.30. The smallest absolute Gasteiger partial charge is 0.363 e. The second kappa shape index (κ2) is 5.64. The fourth-order valence-electron chi connectivity index (χ4n) is 1.82. The number of anilines is 1. The molecule has 0 atom stereocenters. The number of nitro groups is 1. The highest BCUT2D eigenvalue weighted by Gasteiger charge is 2.31. The quantitative estimate of drug-likeness (QED) is 0.440. The van der Waals surface area contributed by atoms with Gasteiger partial charge in [0, 0.05) is 12.1 Å². The van der Waals surface area contributed by atoms with Gasteiger partial charge in [0.25, 0.3) is 0 Å². The zero-order valence-electron chi connectivity index (χ0n) is 10.6. The third kappa shape index (κ3) is 3.40. The molecule has 1 aliphatic rings. The molecular formula is C12H15N3O4. The Morgan fingerprint density at radius 1 is 1.58 bits per heavy atom. The Hall–Kier alpha value is -2.18. The molecule has 1 aliphatic carbocycles. The van der Waals surface area contributed by atoms with Gasteiger partial charge in [-0.25, -0.2) is 0 Å². The number of hydrogen-bond donors (Lipinski definition) is 0. The average molecular weight is 265 g/mol. The van der Waals surface area contributed by atoms with Crippen LogP contribution in [0.3, 0.4) is 0 Å². The van der Waals surface area contributed by atoms with Crippen LogP contribution in [0, 0.1) is 10.1 Å². The van der Waals surface area contributed by atoms with E-state index >= 15 is 0 Å². The Kier molecular flexibility index (Phi) is 3.94. The molecule has 0 spiro atoms. The van der Waals surface area contributed by atoms with E-state index in [1.54, 1.807) is 13.0 Å². The van der Waals surface area contributed by atoms with Crippen LogP contribution in [0.4, 0.5) is 11.5 Å². The number of carbonyl (C=O) groups excluding carboxylic acids is 1. The first-order chi connectivity index (χ1) is 9.11. The van der Waals surface area contributed by atoms with Crippen LogP contribution in [0.25, 0.3) is 0 Å². The summed E-state index contributed by atoms with van der Waals surface area (Å²) in [6.45, 7) is 2.25. The van der Waals surface area contributed by atoms with E-state index in [9.17, 15) is 14.9 Å². The van der Waals surface area contributed by atoms with Gasteiger partial charge < -0.3 is 19.8 Å². The molecule has 0 aromatic carbocycles. The van der Waals surface area contributed by atoms with Crippen molar-refractivity contribution in [1.29, 1.82) is 0 Å². The minimum Gasteiger partial charge on any atom is -0.465 e. The van der Waals surface area contributed by atoms with E-state index < -0.39 is 4.92 Å². The minimum atomic E-state index is -0.545. The van der Waals surface area contributed by atoms with Crippen LogP contribution < -0.4 is 4.90 Å². The first kappa shape index (κ1) is 13.3. The third-order valence-corrected chi connectivity index (χ3v) is 2.84. The van der Waals surface area contributed by atoms with Crippen LogP contribution in [-0.4, -0.2) is 35.1 Å². The summed E-state index contributed by atoms with van der Waals surface area (Å²) in [5.41, 5.74) is 0.709. The maximum Gasteiger partial charge on any atom is 0.363 e. The summed E-state index contributed by atoms with van der Waals surface area (Å²) in [7, 11) is 0.